The lowest BCUT2D eigenvalue weighted by molar-refractivity contribution is -0.136. The lowest BCUT2D eigenvalue weighted by Crippen LogP contribution is -2.57. The maximum Gasteiger partial charge on any atom is 0.255 e. The predicted octanol–water partition coefficient (Wildman–Crippen LogP) is 3.76. The maximum atomic E-state index is 13.0. The third kappa shape index (κ3) is 4.55. The zero-order valence-corrected chi connectivity index (χ0v) is 21.7. The van der Waals surface area contributed by atoms with Crippen molar-refractivity contribution in [1.29, 1.82) is 5.26 Å². The van der Waals surface area contributed by atoms with Gasteiger partial charge < -0.3 is 9.64 Å². The van der Waals surface area contributed by atoms with E-state index < -0.39 is 11.9 Å². The molecule has 1 aliphatic carbocycles. The number of rotatable bonds is 5. The second kappa shape index (κ2) is 10.0. The third-order valence-electron chi connectivity index (χ3n) is 8.40. The van der Waals surface area contributed by atoms with Crippen molar-refractivity contribution in [2.75, 3.05) is 13.1 Å². The molecule has 8 nitrogen and oxygen atoms in total. The molecule has 2 aromatic carbocycles. The van der Waals surface area contributed by atoms with Crippen LogP contribution in [-0.4, -0.2) is 58.8 Å². The Morgan fingerprint density at radius 1 is 1.03 bits per heavy atom. The van der Waals surface area contributed by atoms with Crippen molar-refractivity contribution in [2.45, 2.75) is 69.2 Å². The molecular weight excluding hydrogens is 504 g/mol. The van der Waals surface area contributed by atoms with E-state index in [-0.39, 0.29) is 24.3 Å². The molecule has 1 saturated carbocycles. The van der Waals surface area contributed by atoms with Crippen LogP contribution in [0.5, 0.6) is 5.75 Å². The highest BCUT2D eigenvalue weighted by molar-refractivity contribution is 6.30. The second-order valence-corrected chi connectivity index (χ2v) is 11.2. The number of fused-ring (bicyclic) bond motifs is 1. The van der Waals surface area contributed by atoms with Crippen molar-refractivity contribution in [3.8, 4) is 11.8 Å². The van der Waals surface area contributed by atoms with Crippen LogP contribution in [0.2, 0.25) is 5.02 Å². The van der Waals surface area contributed by atoms with E-state index in [1.807, 2.05) is 24.3 Å². The van der Waals surface area contributed by atoms with Gasteiger partial charge in [-0.15, -0.1) is 0 Å². The van der Waals surface area contributed by atoms with E-state index >= 15 is 0 Å². The number of benzene rings is 2. The average Bonchev–Trinajstić information content (AvgIpc) is 3.20. The summed E-state index contributed by atoms with van der Waals surface area (Å²) in [5.74, 6) is 0.175. The highest BCUT2D eigenvalue weighted by Gasteiger charge is 2.41. The van der Waals surface area contributed by atoms with Crippen molar-refractivity contribution < 1.29 is 19.1 Å². The Morgan fingerprint density at radius 2 is 1.84 bits per heavy atom. The largest absolute Gasteiger partial charge is 0.489 e. The molecule has 0 radical (unpaired) electrons. The number of nitrogens with zero attached hydrogens (tertiary/aromatic N) is 3. The van der Waals surface area contributed by atoms with Gasteiger partial charge in [-0.05, 0) is 67.1 Å². The molecule has 3 aliphatic heterocycles. The van der Waals surface area contributed by atoms with Crippen molar-refractivity contribution in [3.63, 3.8) is 0 Å². The van der Waals surface area contributed by atoms with Gasteiger partial charge in [0.25, 0.3) is 5.91 Å². The highest BCUT2D eigenvalue weighted by Crippen LogP contribution is 2.38. The van der Waals surface area contributed by atoms with Crippen LogP contribution in [0.15, 0.2) is 36.4 Å². The monoisotopic (exact) mass is 532 g/mol. The number of piperidine rings is 1. The first-order valence-electron chi connectivity index (χ1n) is 13.3. The Labute approximate surface area is 226 Å². The summed E-state index contributed by atoms with van der Waals surface area (Å²) in [6.45, 7) is 2.11. The van der Waals surface area contributed by atoms with E-state index in [2.05, 4.69) is 16.3 Å². The maximum absolute atomic E-state index is 13.0. The van der Waals surface area contributed by atoms with E-state index in [1.165, 1.54) is 0 Å². The van der Waals surface area contributed by atoms with Gasteiger partial charge in [0.05, 0.1) is 11.6 Å². The molecule has 0 aromatic heterocycles. The Balaban J connectivity index is 1.12. The number of nitrogens with one attached hydrogen (secondary N) is 1. The highest BCUT2D eigenvalue weighted by atomic mass is 35.5. The smallest absolute Gasteiger partial charge is 0.255 e. The number of ether oxygens (including phenoxy) is 1. The second-order valence-electron chi connectivity index (χ2n) is 10.7. The van der Waals surface area contributed by atoms with Gasteiger partial charge in [0.2, 0.25) is 11.8 Å². The zero-order valence-electron chi connectivity index (χ0n) is 21.0. The summed E-state index contributed by atoms with van der Waals surface area (Å²) in [7, 11) is 0. The van der Waals surface area contributed by atoms with Crippen molar-refractivity contribution in [2.24, 2.45) is 0 Å². The fourth-order valence-corrected chi connectivity index (χ4v) is 6.56. The molecule has 3 fully saturated rings. The summed E-state index contributed by atoms with van der Waals surface area (Å²) in [5, 5.41) is 12.5. The number of halogens is 1. The van der Waals surface area contributed by atoms with Crippen molar-refractivity contribution in [3.05, 3.63) is 63.7 Å². The van der Waals surface area contributed by atoms with Gasteiger partial charge in [-0.25, -0.2) is 0 Å². The van der Waals surface area contributed by atoms with Gasteiger partial charge >= 0.3 is 0 Å². The fourth-order valence-electron chi connectivity index (χ4n) is 6.39. The van der Waals surface area contributed by atoms with E-state index in [0.29, 0.717) is 41.1 Å². The number of imide groups is 1. The molecule has 2 saturated heterocycles. The minimum absolute atomic E-state index is 0.0479. The molecule has 2 aromatic rings. The van der Waals surface area contributed by atoms with E-state index in [1.54, 1.807) is 17.0 Å². The van der Waals surface area contributed by atoms with Crippen LogP contribution >= 0.6 is 11.6 Å². The average molecular weight is 533 g/mol. The Kier molecular flexibility index (Phi) is 6.58. The summed E-state index contributed by atoms with van der Waals surface area (Å²) in [6, 6.07) is 13.1. The van der Waals surface area contributed by atoms with Crippen molar-refractivity contribution >= 4 is 29.3 Å². The number of hydrogen-bond acceptors (Lipinski definition) is 6. The molecule has 1 N–H and O–H groups in total. The number of carbonyl (C=O) groups is 3. The third-order valence-corrected chi connectivity index (χ3v) is 8.64. The van der Waals surface area contributed by atoms with Crippen LogP contribution < -0.4 is 10.1 Å². The summed E-state index contributed by atoms with van der Waals surface area (Å²) in [4.78, 5) is 40.9. The Hall–Kier alpha value is -3.41. The molecular formula is C29H29ClN4O4. The topological polar surface area (TPSA) is 103 Å². The zero-order chi connectivity index (χ0) is 26.4. The molecule has 0 spiro atoms. The van der Waals surface area contributed by atoms with Crippen LogP contribution in [0.1, 0.15) is 71.5 Å². The first kappa shape index (κ1) is 24.9. The SMILES string of the molecule is N#Cc1cc(Cl)ccc1C1CN([C@H]2CCCC[C@@H]2Oc2ccc3c(c2)CN([C@H]2CCC(=O)NC2=O)C3=O)C1. The van der Waals surface area contributed by atoms with Crippen LogP contribution in [0.4, 0.5) is 0 Å². The Bertz CT molecular complexity index is 1350. The first-order valence-corrected chi connectivity index (χ1v) is 13.7. The molecule has 38 heavy (non-hydrogen) atoms. The predicted molar refractivity (Wildman–Crippen MR) is 140 cm³/mol. The standard InChI is InChI=1S/C29H29ClN4O4/c30-20-5-7-22(17(11-20)13-31)19-14-33(15-19)24-3-1-2-4-26(24)38-21-6-8-23-18(12-21)16-34(29(23)37)25-9-10-27(35)32-28(25)36/h5-8,11-12,19,24-26H,1-4,9-10,14-16H2,(H,32,35,36)/t24-,25-,26-/m0/s1. The van der Waals surface area contributed by atoms with Gasteiger partial charge in [-0.1, -0.05) is 24.1 Å². The lowest BCUT2D eigenvalue weighted by Gasteiger charge is -2.48. The van der Waals surface area contributed by atoms with Gasteiger partial charge in [0.15, 0.2) is 0 Å². The number of amides is 3. The van der Waals surface area contributed by atoms with E-state index in [4.69, 9.17) is 16.3 Å². The van der Waals surface area contributed by atoms with Crippen molar-refractivity contribution in [1.82, 2.24) is 15.1 Å². The molecule has 0 bridgehead atoms. The molecule has 9 heteroatoms. The van der Waals surface area contributed by atoms with Gasteiger partial charge in [0, 0.05) is 48.6 Å². The Morgan fingerprint density at radius 3 is 2.63 bits per heavy atom. The van der Waals surface area contributed by atoms with Gasteiger partial charge in [-0.2, -0.15) is 5.26 Å². The van der Waals surface area contributed by atoms with Crippen LogP contribution in [-0.2, 0) is 16.1 Å². The molecule has 3 amide bonds. The fraction of sp³-hybridized carbons (Fsp3) is 0.448. The summed E-state index contributed by atoms with van der Waals surface area (Å²) < 4.78 is 6.54. The summed E-state index contributed by atoms with van der Waals surface area (Å²) in [5.41, 5.74) is 3.15. The van der Waals surface area contributed by atoms with Gasteiger partial charge in [0.1, 0.15) is 17.9 Å². The number of likely N-dealkylation sites (tertiary alicyclic amines) is 1. The molecule has 4 aliphatic rings. The van der Waals surface area contributed by atoms with E-state index in [0.717, 1.165) is 55.6 Å². The number of hydrogen-bond donors (Lipinski definition) is 1. The minimum Gasteiger partial charge on any atom is -0.489 e. The van der Waals surface area contributed by atoms with Crippen LogP contribution in [0, 0.1) is 11.3 Å². The van der Waals surface area contributed by atoms with Crippen LogP contribution in [0.3, 0.4) is 0 Å². The normalized spacial score (nSPS) is 25.9. The summed E-state index contributed by atoms with van der Waals surface area (Å²) in [6.07, 6.45) is 4.94. The number of carbonyl (C=O) groups excluding carboxylic acids is 3. The van der Waals surface area contributed by atoms with E-state index in [9.17, 15) is 19.6 Å². The first-order chi connectivity index (χ1) is 18.4. The quantitative estimate of drug-likeness (QED) is 0.588. The minimum atomic E-state index is -0.624. The van der Waals surface area contributed by atoms with Crippen LogP contribution in [0.25, 0.3) is 0 Å². The summed E-state index contributed by atoms with van der Waals surface area (Å²) >= 11 is 6.08. The molecule has 196 valence electrons. The molecule has 0 unspecified atom stereocenters. The van der Waals surface area contributed by atoms with Gasteiger partial charge in [-0.3, -0.25) is 24.6 Å². The number of nitriles is 1. The molecule has 3 atom stereocenters. The lowest BCUT2D eigenvalue weighted by atomic mass is 9.83. The molecule has 6 rings (SSSR count). The molecule has 3 heterocycles.